The Morgan fingerprint density at radius 1 is 0.393 bits per heavy atom. The lowest BCUT2D eigenvalue weighted by Crippen LogP contribution is -2.26. The zero-order valence-corrected chi connectivity index (χ0v) is 38.4. The largest absolute Gasteiger partial charge is 0.453 e. The van der Waals surface area contributed by atoms with E-state index in [2.05, 4.69) is 216 Å². The number of rotatable bonds is 2. The molecule has 0 saturated carbocycles. The first-order valence-electron chi connectivity index (χ1n) is 22.2. The van der Waals surface area contributed by atoms with Crippen LogP contribution < -0.4 is 9.64 Å². The van der Waals surface area contributed by atoms with E-state index in [1.165, 1.54) is 94.7 Å². The Bertz CT molecular complexity index is 2910. The van der Waals surface area contributed by atoms with Crippen LogP contribution in [-0.2, 0) is 21.7 Å². The molecule has 306 valence electrons. The van der Waals surface area contributed by atoms with E-state index in [9.17, 15) is 0 Å². The summed E-state index contributed by atoms with van der Waals surface area (Å²) in [4.78, 5) is 2.43. The van der Waals surface area contributed by atoms with Gasteiger partial charge in [0.05, 0.1) is 22.5 Å². The normalized spacial score (nSPS) is 14.5. The maximum absolute atomic E-state index is 6.91. The van der Waals surface area contributed by atoms with Crippen molar-refractivity contribution in [3.8, 4) is 44.9 Å². The van der Waals surface area contributed by atoms with Crippen molar-refractivity contribution in [3.05, 3.63) is 183 Å². The summed E-state index contributed by atoms with van der Waals surface area (Å²) in [6.45, 7) is 29.7. The second-order valence-corrected chi connectivity index (χ2v) is 21.4. The smallest absolute Gasteiger partial charge is 0.152 e. The van der Waals surface area contributed by atoms with E-state index in [4.69, 9.17) is 4.74 Å². The van der Waals surface area contributed by atoms with Gasteiger partial charge in [-0.15, -0.1) is 0 Å². The van der Waals surface area contributed by atoms with E-state index in [1.807, 2.05) is 0 Å². The summed E-state index contributed by atoms with van der Waals surface area (Å²) in [5.41, 5.74) is 25.2. The van der Waals surface area contributed by atoms with E-state index >= 15 is 0 Å². The fourth-order valence-corrected chi connectivity index (χ4v) is 10.5. The van der Waals surface area contributed by atoms with Gasteiger partial charge in [-0.1, -0.05) is 159 Å². The number of aryl methyl sites for hydroxylation is 4. The maximum atomic E-state index is 6.91. The molecule has 2 aliphatic carbocycles. The van der Waals surface area contributed by atoms with Gasteiger partial charge in [-0.05, 0) is 163 Å². The molecule has 1 aliphatic heterocycles. The van der Waals surface area contributed by atoms with Gasteiger partial charge in [-0.3, -0.25) is 0 Å². The molecule has 0 unspecified atom stereocenters. The predicted molar refractivity (Wildman–Crippen MR) is 258 cm³/mol. The third kappa shape index (κ3) is 5.89. The number of anilines is 3. The number of ether oxygens (including phenoxy) is 1. The summed E-state index contributed by atoms with van der Waals surface area (Å²) in [5.74, 6) is 1.75. The van der Waals surface area contributed by atoms with E-state index in [0.29, 0.717) is 0 Å². The third-order valence-corrected chi connectivity index (χ3v) is 13.9. The van der Waals surface area contributed by atoms with Crippen LogP contribution in [-0.4, -0.2) is 0 Å². The average Bonchev–Trinajstić information content (AvgIpc) is 3.64. The number of nitrogens with zero attached hydrogens (tertiary/aromatic N) is 1. The van der Waals surface area contributed by atoms with Crippen molar-refractivity contribution in [2.75, 3.05) is 4.90 Å². The molecule has 10 rings (SSSR count). The Morgan fingerprint density at radius 2 is 0.852 bits per heavy atom. The van der Waals surface area contributed by atoms with Gasteiger partial charge in [0.1, 0.15) is 0 Å². The molecule has 2 heteroatoms. The number of hydrogen-bond acceptors (Lipinski definition) is 2. The summed E-state index contributed by atoms with van der Waals surface area (Å²) in [7, 11) is 0. The zero-order valence-electron chi connectivity index (χ0n) is 38.4. The van der Waals surface area contributed by atoms with Gasteiger partial charge in [0, 0.05) is 0 Å². The Morgan fingerprint density at radius 3 is 1.43 bits per heavy atom. The van der Waals surface area contributed by atoms with E-state index in [0.717, 1.165) is 28.4 Å². The lowest BCUT2D eigenvalue weighted by atomic mass is 9.69. The molecule has 1 spiro atoms. The quantitative estimate of drug-likeness (QED) is 0.173. The average molecular weight is 798 g/mol. The highest BCUT2D eigenvalue weighted by molar-refractivity contribution is 5.97. The number of hydrogen-bond donors (Lipinski definition) is 0. The molecular formula is C59H59NO. The SMILES string of the molecule is Cc1ccc2c(c1)Oc1cc(-c3ccc4c(c3)C3(c5ccc(C(C)(C)C)cc5-c5cc(C(C)(C)C)ccc53)c3cc(C)ccc3-4)ccc1N2c1c(C)cc(C(C)(C)C)cc1C. The minimum absolute atomic E-state index is 0.0262. The number of benzene rings is 7. The second kappa shape index (κ2) is 13.1. The standard InChI is InChI=1S/C59H59NO/c1-34-14-20-43-44-21-16-38(30-50(44)59(49(43)26-34)47-22-18-40(56(5,6)7)32-45(47)46-33-41(57(8,9)10)19-23-48(46)59)39-17-25-52-54(31-39)61-53-27-35(2)15-24-51(53)60(52)55-36(3)28-42(29-37(55)4)58(11,12)13/h14-33H,1-13H3. The van der Waals surface area contributed by atoms with Crippen LogP contribution in [0.4, 0.5) is 17.1 Å². The van der Waals surface area contributed by atoms with Crippen LogP contribution in [0.3, 0.4) is 0 Å². The van der Waals surface area contributed by atoms with Crippen molar-refractivity contribution < 1.29 is 4.74 Å². The van der Waals surface area contributed by atoms with Crippen LogP contribution in [0.5, 0.6) is 11.5 Å². The first-order chi connectivity index (χ1) is 28.7. The molecule has 0 atom stereocenters. The number of fused-ring (bicyclic) bond motifs is 12. The highest BCUT2D eigenvalue weighted by Crippen LogP contribution is 2.64. The predicted octanol–water partition coefficient (Wildman–Crippen LogP) is 16.4. The van der Waals surface area contributed by atoms with Crippen LogP contribution in [0.1, 0.15) is 124 Å². The molecular weight excluding hydrogens is 739 g/mol. The molecule has 7 aromatic rings. The summed E-state index contributed by atoms with van der Waals surface area (Å²) in [6, 6.07) is 47.2. The summed E-state index contributed by atoms with van der Waals surface area (Å²) >= 11 is 0. The van der Waals surface area contributed by atoms with Crippen LogP contribution >= 0.6 is 0 Å². The summed E-state index contributed by atoms with van der Waals surface area (Å²) in [5, 5.41) is 0. The minimum atomic E-state index is -0.448. The fraction of sp³-hybridized carbons (Fsp3) is 0.288. The van der Waals surface area contributed by atoms with Gasteiger partial charge in [0.2, 0.25) is 0 Å². The Labute approximate surface area is 364 Å². The molecule has 0 N–H and O–H groups in total. The monoisotopic (exact) mass is 797 g/mol. The van der Waals surface area contributed by atoms with Gasteiger partial charge in [-0.2, -0.15) is 0 Å². The van der Waals surface area contributed by atoms with Crippen LogP contribution in [0.2, 0.25) is 0 Å². The Balaban J connectivity index is 1.18. The van der Waals surface area contributed by atoms with Crippen LogP contribution in [0.25, 0.3) is 33.4 Å². The highest BCUT2D eigenvalue weighted by atomic mass is 16.5. The molecule has 0 fully saturated rings. The maximum Gasteiger partial charge on any atom is 0.152 e. The molecule has 0 radical (unpaired) electrons. The van der Waals surface area contributed by atoms with Crippen molar-refractivity contribution in [3.63, 3.8) is 0 Å². The van der Waals surface area contributed by atoms with Crippen molar-refractivity contribution in [1.82, 2.24) is 0 Å². The van der Waals surface area contributed by atoms with E-state index in [-0.39, 0.29) is 16.2 Å². The van der Waals surface area contributed by atoms with Gasteiger partial charge in [-0.25, -0.2) is 0 Å². The van der Waals surface area contributed by atoms with Gasteiger partial charge in [0.25, 0.3) is 0 Å². The highest BCUT2D eigenvalue weighted by Gasteiger charge is 2.52. The van der Waals surface area contributed by atoms with Crippen molar-refractivity contribution in [1.29, 1.82) is 0 Å². The zero-order chi connectivity index (χ0) is 43.1. The fourth-order valence-electron chi connectivity index (χ4n) is 10.5. The van der Waals surface area contributed by atoms with Crippen molar-refractivity contribution >= 4 is 17.1 Å². The van der Waals surface area contributed by atoms with Crippen LogP contribution in [0, 0.1) is 27.7 Å². The molecule has 7 aromatic carbocycles. The van der Waals surface area contributed by atoms with Crippen LogP contribution in [0.15, 0.2) is 121 Å². The summed E-state index contributed by atoms with van der Waals surface area (Å²) in [6.07, 6.45) is 0. The Kier molecular flexibility index (Phi) is 8.42. The molecule has 1 heterocycles. The lowest BCUT2D eigenvalue weighted by molar-refractivity contribution is 0.476. The molecule has 0 aromatic heterocycles. The van der Waals surface area contributed by atoms with Gasteiger partial charge < -0.3 is 9.64 Å². The molecule has 2 nitrogen and oxygen atoms in total. The summed E-state index contributed by atoms with van der Waals surface area (Å²) < 4.78 is 6.91. The molecule has 61 heavy (non-hydrogen) atoms. The molecule has 0 saturated heterocycles. The van der Waals surface area contributed by atoms with Crippen molar-refractivity contribution in [2.45, 2.75) is 112 Å². The Hall–Kier alpha value is -5.86. The van der Waals surface area contributed by atoms with E-state index < -0.39 is 5.41 Å². The third-order valence-electron chi connectivity index (χ3n) is 13.9. The second-order valence-electron chi connectivity index (χ2n) is 21.4. The first-order valence-corrected chi connectivity index (χ1v) is 22.2. The molecule has 0 bridgehead atoms. The topological polar surface area (TPSA) is 12.5 Å². The van der Waals surface area contributed by atoms with Gasteiger partial charge >= 0.3 is 0 Å². The first kappa shape index (κ1) is 39.3. The lowest BCUT2D eigenvalue weighted by Gasteiger charge is -2.36. The van der Waals surface area contributed by atoms with E-state index in [1.54, 1.807) is 0 Å². The van der Waals surface area contributed by atoms with Gasteiger partial charge in [0.15, 0.2) is 11.5 Å². The molecule has 0 amide bonds. The van der Waals surface area contributed by atoms with Crippen molar-refractivity contribution in [2.24, 2.45) is 0 Å². The minimum Gasteiger partial charge on any atom is -0.453 e. The molecule has 3 aliphatic rings.